The van der Waals surface area contributed by atoms with Crippen molar-refractivity contribution in [1.82, 2.24) is 4.98 Å². The van der Waals surface area contributed by atoms with Crippen molar-refractivity contribution >= 4 is 28.6 Å². The quantitative estimate of drug-likeness (QED) is 0.294. The highest BCUT2D eigenvalue weighted by molar-refractivity contribution is 7.86. The molecular formula is C29H20NO3P. The van der Waals surface area contributed by atoms with E-state index in [2.05, 4.69) is 29.3 Å². The van der Waals surface area contributed by atoms with E-state index in [-0.39, 0.29) is 5.92 Å². The summed E-state index contributed by atoms with van der Waals surface area (Å²) in [4.78, 5) is 4.26. The highest BCUT2D eigenvalue weighted by Crippen LogP contribution is 2.59. The van der Waals surface area contributed by atoms with E-state index < -0.39 is 7.14 Å². The molecule has 3 heterocycles. The molecule has 2 unspecified atom stereocenters. The van der Waals surface area contributed by atoms with Gasteiger partial charge in [-0.3, -0.25) is 4.98 Å². The molecule has 0 spiro atoms. The summed E-state index contributed by atoms with van der Waals surface area (Å²) < 4.78 is 27.7. The lowest BCUT2D eigenvalue weighted by atomic mass is 9.88. The molecule has 1 aromatic heterocycles. The number of benzene rings is 3. The summed E-state index contributed by atoms with van der Waals surface area (Å²) in [7, 11) is -3.16. The minimum absolute atomic E-state index is 0.286. The largest absolute Gasteiger partial charge is 0.456 e. The van der Waals surface area contributed by atoms with E-state index in [1.807, 2.05) is 72.9 Å². The summed E-state index contributed by atoms with van der Waals surface area (Å²) in [5, 5.41) is 2.11. The van der Waals surface area contributed by atoms with Crippen molar-refractivity contribution in [2.75, 3.05) is 0 Å². The molecular weight excluding hydrogens is 441 g/mol. The summed E-state index contributed by atoms with van der Waals surface area (Å²) >= 11 is 0. The Balaban J connectivity index is 1.40. The molecule has 0 saturated carbocycles. The molecule has 1 aliphatic carbocycles. The predicted molar refractivity (Wildman–Crippen MR) is 135 cm³/mol. The zero-order valence-corrected chi connectivity index (χ0v) is 19.1. The van der Waals surface area contributed by atoms with Crippen LogP contribution < -0.4 is 25.4 Å². The fourth-order valence-electron chi connectivity index (χ4n) is 5.13. The number of aromatic nitrogens is 1. The highest BCUT2D eigenvalue weighted by Gasteiger charge is 2.47. The van der Waals surface area contributed by atoms with Crippen LogP contribution in [0, 0.1) is 0 Å². The molecule has 4 nitrogen and oxygen atoms in total. The lowest BCUT2D eigenvalue weighted by Gasteiger charge is -2.35. The van der Waals surface area contributed by atoms with E-state index in [0.29, 0.717) is 28.3 Å². The maximum absolute atomic E-state index is 15.0. The molecule has 3 aliphatic rings. The first-order valence-corrected chi connectivity index (χ1v) is 13.1. The van der Waals surface area contributed by atoms with Gasteiger partial charge in [-0.15, -0.1) is 0 Å². The summed E-state index contributed by atoms with van der Waals surface area (Å²) in [5.41, 5.74) is 3.18. The first-order valence-electron chi connectivity index (χ1n) is 11.3. The lowest BCUT2D eigenvalue weighted by molar-refractivity contribution is 0.461. The number of pyridine rings is 1. The summed E-state index contributed by atoms with van der Waals surface area (Å²) in [5.74, 6) is 2.80. The van der Waals surface area contributed by atoms with Gasteiger partial charge >= 0.3 is 0 Å². The second kappa shape index (κ2) is 7.31. The van der Waals surface area contributed by atoms with Crippen LogP contribution in [0.3, 0.4) is 0 Å². The molecule has 4 aromatic rings. The van der Waals surface area contributed by atoms with E-state index in [4.69, 9.17) is 9.47 Å². The Bertz CT molecular complexity index is 1560. The van der Waals surface area contributed by atoms with Crippen molar-refractivity contribution in [2.45, 2.75) is 12.3 Å². The summed E-state index contributed by atoms with van der Waals surface area (Å²) in [6.45, 7) is 0. The SMILES string of the molecule is O=P12c3ccccc3Oc3ccc(C4=CCC(c5cccnc5)C=C4)c(c31)Oc1ccccc12. The minimum Gasteiger partial charge on any atom is -0.456 e. The van der Waals surface area contributed by atoms with Gasteiger partial charge in [0.2, 0.25) is 0 Å². The summed E-state index contributed by atoms with van der Waals surface area (Å²) in [6.07, 6.45) is 11.1. The smallest absolute Gasteiger partial charge is 0.185 e. The van der Waals surface area contributed by atoms with E-state index in [1.165, 1.54) is 5.56 Å². The monoisotopic (exact) mass is 461 g/mol. The van der Waals surface area contributed by atoms with Crippen LogP contribution in [0.1, 0.15) is 23.5 Å². The van der Waals surface area contributed by atoms with Crippen LogP contribution >= 0.6 is 7.14 Å². The number of rotatable bonds is 2. The molecule has 0 bridgehead atoms. The Kier molecular flexibility index (Phi) is 4.21. The van der Waals surface area contributed by atoms with Gasteiger partial charge in [0.15, 0.2) is 7.14 Å². The number of nitrogens with zero attached hydrogens (tertiary/aromatic N) is 1. The highest BCUT2D eigenvalue weighted by atomic mass is 31.2. The number of hydrogen-bond donors (Lipinski definition) is 0. The molecule has 2 aliphatic heterocycles. The fraction of sp³-hybridized carbons (Fsp3) is 0.0690. The van der Waals surface area contributed by atoms with Gasteiger partial charge < -0.3 is 14.0 Å². The van der Waals surface area contributed by atoms with Crippen molar-refractivity contribution in [3.63, 3.8) is 0 Å². The Labute approximate surface area is 197 Å². The van der Waals surface area contributed by atoms with Crippen molar-refractivity contribution in [3.05, 3.63) is 115 Å². The van der Waals surface area contributed by atoms with E-state index in [1.54, 1.807) is 6.20 Å². The number of allylic oxidation sites excluding steroid dienone is 4. The molecule has 3 aromatic carbocycles. The molecule has 2 atom stereocenters. The second-order valence-electron chi connectivity index (χ2n) is 8.68. The standard InChI is InChI=1S/C29H20NO3P/c31-34-26-9-3-1-7-23(26)32-25-16-15-22(28(29(25)34)33-24-8-2-4-10-27(24)34)20-13-11-19(12-14-20)21-6-5-17-30-18-21/h1-11,13-19H,12H2. The van der Waals surface area contributed by atoms with Crippen LogP contribution in [-0.2, 0) is 4.57 Å². The Hall–Kier alpha value is -3.88. The maximum atomic E-state index is 15.0. The molecule has 0 amide bonds. The Morgan fingerprint density at radius 1 is 0.824 bits per heavy atom. The first kappa shape index (κ1) is 19.6. The predicted octanol–water partition coefficient (Wildman–Crippen LogP) is 6.06. The van der Waals surface area contributed by atoms with Crippen LogP contribution in [0.15, 0.2) is 103 Å². The zero-order valence-electron chi connectivity index (χ0n) is 18.2. The van der Waals surface area contributed by atoms with Crippen molar-refractivity contribution in [2.24, 2.45) is 0 Å². The van der Waals surface area contributed by atoms with Gasteiger partial charge in [0.25, 0.3) is 0 Å². The normalized spacial score (nSPS) is 21.3. The van der Waals surface area contributed by atoms with E-state index in [0.717, 1.165) is 28.2 Å². The molecule has 0 radical (unpaired) electrons. The molecule has 34 heavy (non-hydrogen) atoms. The number of hydrogen-bond acceptors (Lipinski definition) is 4. The average Bonchev–Trinajstić information content (AvgIpc) is 2.90. The molecule has 5 heteroatoms. The minimum atomic E-state index is -3.16. The first-order chi connectivity index (χ1) is 16.7. The third-order valence-corrected chi connectivity index (χ3v) is 9.92. The van der Waals surface area contributed by atoms with Gasteiger partial charge in [0.05, 0.1) is 10.6 Å². The molecule has 164 valence electrons. The number of ether oxygens (including phenoxy) is 2. The summed E-state index contributed by atoms with van der Waals surface area (Å²) in [6, 6.07) is 23.3. The van der Waals surface area contributed by atoms with Crippen molar-refractivity contribution in [1.29, 1.82) is 0 Å². The van der Waals surface area contributed by atoms with Gasteiger partial charge in [0.1, 0.15) is 28.3 Å². The third kappa shape index (κ3) is 2.72. The number of para-hydroxylation sites is 2. The van der Waals surface area contributed by atoms with Gasteiger partial charge in [-0.2, -0.15) is 0 Å². The van der Waals surface area contributed by atoms with Crippen LogP contribution in [0.5, 0.6) is 23.0 Å². The van der Waals surface area contributed by atoms with Crippen LogP contribution in [0.4, 0.5) is 0 Å². The van der Waals surface area contributed by atoms with E-state index >= 15 is 4.57 Å². The fourth-order valence-corrected chi connectivity index (χ4v) is 8.21. The van der Waals surface area contributed by atoms with Crippen LogP contribution in [-0.4, -0.2) is 4.98 Å². The third-order valence-electron chi connectivity index (χ3n) is 6.77. The van der Waals surface area contributed by atoms with Gasteiger partial charge in [0, 0.05) is 23.9 Å². The van der Waals surface area contributed by atoms with Gasteiger partial charge in [-0.1, -0.05) is 48.6 Å². The average molecular weight is 461 g/mol. The lowest BCUT2D eigenvalue weighted by Crippen LogP contribution is -2.35. The number of fused-ring (bicyclic) bond motifs is 4. The second-order valence-corrected chi connectivity index (χ2v) is 11.3. The molecule has 0 fully saturated rings. The zero-order chi connectivity index (χ0) is 22.7. The Morgan fingerprint density at radius 3 is 2.29 bits per heavy atom. The van der Waals surface area contributed by atoms with Crippen molar-refractivity contribution < 1.29 is 14.0 Å². The van der Waals surface area contributed by atoms with Crippen LogP contribution in [0.2, 0.25) is 0 Å². The molecule has 0 N–H and O–H groups in total. The van der Waals surface area contributed by atoms with Crippen LogP contribution in [0.25, 0.3) is 5.57 Å². The Morgan fingerprint density at radius 2 is 1.59 bits per heavy atom. The van der Waals surface area contributed by atoms with Gasteiger partial charge in [-0.05, 0) is 60.0 Å². The molecule has 0 saturated heterocycles. The van der Waals surface area contributed by atoms with Crippen molar-refractivity contribution in [3.8, 4) is 23.0 Å². The maximum Gasteiger partial charge on any atom is 0.185 e. The molecule has 7 rings (SSSR count). The topological polar surface area (TPSA) is 48.4 Å². The van der Waals surface area contributed by atoms with E-state index in [9.17, 15) is 0 Å². The van der Waals surface area contributed by atoms with Gasteiger partial charge in [-0.25, -0.2) is 0 Å².